The van der Waals surface area contributed by atoms with Crippen molar-refractivity contribution in [2.75, 3.05) is 6.61 Å². The number of aliphatic carboxylic acids is 1. The van der Waals surface area contributed by atoms with E-state index in [1.165, 1.54) is 0 Å². The molecule has 3 aromatic carbocycles. The van der Waals surface area contributed by atoms with Gasteiger partial charge in [-0.15, -0.1) is 5.10 Å². The average Bonchev–Trinajstić information content (AvgIpc) is 3.42. The first-order valence-corrected chi connectivity index (χ1v) is 12.2. The molecule has 1 aliphatic heterocycles. The third kappa shape index (κ3) is 5.29. The van der Waals surface area contributed by atoms with E-state index >= 15 is 0 Å². The normalized spacial score (nSPS) is 23.8. The summed E-state index contributed by atoms with van der Waals surface area (Å²) in [7, 11) is 0. The molecule has 0 aliphatic carbocycles. The van der Waals surface area contributed by atoms with Crippen molar-refractivity contribution in [1.29, 1.82) is 0 Å². The molecule has 0 bridgehead atoms. The van der Waals surface area contributed by atoms with Crippen LogP contribution in [0, 0.1) is 17.5 Å². The highest BCUT2D eigenvalue weighted by molar-refractivity contribution is 5.83. The van der Waals surface area contributed by atoms with Crippen molar-refractivity contribution in [2.24, 2.45) is 0 Å². The number of benzene rings is 3. The Morgan fingerprint density at radius 2 is 1.73 bits per heavy atom. The predicted molar refractivity (Wildman–Crippen MR) is 132 cm³/mol. The minimum atomic E-state index is -1.74. The van der Waals surface area contributed by atoms with E-state index in [9.17, 15) is 38.4 Å². The van der Waals surface area contributed by atoms with Gasteiger partial charge in [0.25, 0.3) is 0 Å². The molecule has 13 heteroatoms. The molecule has 40 heavy (non-hydrogen) atoms. The summed E-state index contributed by atoms with van der Waals surface area (Å²) >= 11 is 0. The lowest BCUT2D eigenvalue weighted by atomic mass is 9.90. The molecule has 0 spiro atoms. The van der Waals surface area contributed by atoms with Crippen molar-refractivity contribution in [3.05, 3.63) is 83.8 Å². The molecule has 10 nitrogen and oxygen atoms in total. The van der Waals surface area contributed by atoms with Gasteiger partial charge in [-0.1, -0.05) is 41.6 Å². The van der Waals surface area contributed by atoms with Crippen molar-refractivity contribution in [1.82, 2.24) is 15.0 Å². The van der Waals surface area contributed by atoms with Crippen molar-refractivity contribution < 1.29 is 47.9 Å². The average molecular weight is 559 g/mol. The fourth-order valence-corrected chi connectivity index (χ4v) is 4.77. The lowest BCUT2D eigenvalue weighted by Gasteiger charge is -2.43. The second-order valence-electron chi connectivity index (χ2n) is 9.38. The van der Waals surface area contributed by atoms with Crippen LogP contribution < -0.4 is 0 Å². The van der Waals surface area contributed by atoms with Crippen LogP contribution in [0.5, 0.6) is 0 Å². The third-order valence-electron chi connectivity index (χ3n) is 6.81. The Kier molecular flexibility index (Phi) is 7.83. The van der Waals surface area contributed by atoms with Crippen LogP contribution in [-0.4, -0.2) is 78.5 Å². The van der Waals surface area contributed by atoms with Gasteiger partial charge in [-0.2, -0.15) is 0 Å². The molecular formula is C27H24F3N3O7. The van der Waals surface area contributed by atoms with Crippen LogP contribution in [0.4, 0.5) is 13.2 Å². The summed E-state index contributed by atoms with van der Waals surface area (Å²) in [5.74, 6) is -6.04. The van der Waals surface area contributed by atoms with Crippen molar-refractivity contribution in [3.63, 3.8) is 0 Å². The molecule has 210 valence electrons. The van der Waals surface area contributed by atoms with E-state index in [1.807, 2.05) is 36.4 Å². The Labute approximate surface area is 224 Å². The maximum atomic E-state index is 13.7. The van der Waals surface area contributed by atoms with Gasteiger partial charge in [-0.25, -0.2) is 22.6 Å². The smallest absolute Gasteiger partial charge is 0.335 e. The first-order chi connectivity index (χ1) is 19.2. The van der Waals surface area contributed by atoms with Gasteiger partial charge in [0.2, 0.25) is 0 Å². The molecule has 4 aromatic rings. The number of carboxylic acid groups (broad SMARTS) is 1. The van der Waals surface area contributed by atoms with Gasteiger partial charge in [-0.3, -0.25) is 0 Å². The van der Waals surface area contributed by atoms with Crippen LogP contribution in [0.15, 0.2) is 60.8 Å². The maximum Gasteiger partial charge on any atom is 0.335 e. The molecule has 4 unspecified atom stereocenters. The molecule has 4 N–H and O–H groups in total. The number of hydrogen-bond acceptors (Lipinski definition) is 8. The van der Waals surface area contributed by atoms with Crippen molar-refractivity contribution >= 4 is 16.7 Å². The lowest BCUT2D eigenvalue weighted by molar-refractivity contribution is -0.238. The Bertz CT molecular complexity index is 1510. The number of aliphatic hydroxyl groups excluding tert-OH is 3. The highest BCUT2D eigenvalue weighted by Gasteiger charge is 2.50. The number of rotatable bonds is 8. The Balaban J connectivity index is 1.41. The number of fused-ring (bicyclic) bond motifs is 1. The van der Waals surface area contributed by atoms with Crippen molar-refractivity contribution in [2.45, 2.75) is 43.2 Å². The number of nitrogens with zero attached hydrogens (tertiary/aromatic N) is 3. The predicted octanol–water partition coefficient (Wildman–Crippen LogP) is 2.21. The van der Waals surface area contributed by atoms with Gasteiger partial charge in [-0.05, 0) is 34.5 Å². The van der Waals surface area contributed by atoms with Gasteiger partial charge in [0.15, 0.2) is 23.6 Å². The first-order valence-electron chi connectivity index (χ1n) is 12.2. The number of hydrogen-bond donors (Lipinski definition) is 4. The van der Waals surface area contributed by atoms with E-state index < -0.39 is 66.6 Å². The SMILES string of the molecule is O=C(O)[C@@H](OCc1ccc2ccccc2c1)C1OC(CO)[C@H](O)C(n2cc(-c3cc(F)c(F)c(F)c3)nn2)C1O. The lowest BCUT2D eigenvalue weighted by Crippen LogP contribution is -2.60. The number of ether oxygens (including phenoxy) is 2. The van der Waals surface area contributed by atoms with E-state index in [1.54, 1.807) is 6.07 Å². The topological polar surface area (TPSA) is 147 Å². The summed E-state index contributed by atoms with van der Waals surface area (Å²) in [5, 5.41) is 51.2. The van der Waals surface area contributed by atoms with Crippen molar-refractivity contribution in [3.8, 4) is 11.3 Å². The summed E-state index contributed by atoms with van der Waals surface area (Å²) in [6.45, 7) is -0.894. The maximum absolute atomic E-state index is 13.7. The van der Waals surface area contributed by atoms with Crippen LogP contribution in [0.2, 0.25) is 0 Å². The second-order valence-corrected chi connectivity index (χ2v) is 9.38. The number of carbonyl (C=O) groups is 1. The number of aromatic nitrogens is 3. The molecule has 0 saturated carbocycles. The molecule has 5 rings (SSSR count). The van der Waals surface area contributed by atoms with Gasteiger partial charge in [0, 0.05) is 5.56 Å². The molecule has 1 aliphatic rings. The quantitative estimate of drug-likeness (QED) is 0.239. The second kappa shape index (κ2) is 11.3. The van der Waals surface area contributed by atoms with E-state index in [4.69, 9.17) is 9.47 Å². The molecular weight excluding hydrogens is 535 g/mol. The van der Waals surface area contributed by atoms with Crippen LogP contribution in [-0.2, 0) is 20.9 Å². The van der Waals surface area contributed by atoms with E-state index in [2.05, 4.69) is 10.3 Å². The Morgan fingerprint density at radius 3 is 2.40 bits per heavy atom. The summed E-state index contributed by atoms with van der Waals surface area (Å²) < 4.78 is 53.0. The number of halogens is 3. The zero-order valence-corrected chi connectivity index (χ0v) is 20.6. The van der Waals surface area contributed by atoms with E-state index in [0.717, 1.165) is 21.7 Å². The molecule has 1 saturated heterocycles. The zero-order chi connectivity index (χ0) is 28.6. The highest BCUT2D eigenvalue weighted by atomic mass is 19.2. The number of aliphatic hydroxyl groups is 3. The molecule has 1 fully saturated rings. The van der Waals surface area contributed by atoms with E-state index in [0.29, 0.717) is 17.7 Å². The molecule has 6 atom stereocenters. The van der Waals surface area contributed by atoms with Gasteiger partial charge < -0.3 is 29.9 Å². The van der Waals surface area contributed by atoms with E-state index in [-0.39, 0.29) is 17.9 Å². The van der Waals surface area contributed by atoms with Gasteiger partial charge >= 0.3 is 5.97 Å². The van der Waals surface area contributed by atoms with Gasteiger partial charge in [0.1, 0.15) is 36.2 Å². The summed E-state index contributed by atoms with van der Waals surface area (Å²) in [6, 6.07) is 13.0. The first kappa shape index (κ1) is 27.7. The minimum absolute atomic E-state index is 0.122. The van der Waals surface area contributed by atoms with Gasteiger partial charge in [0.05, 0.1) is 19.4 Å². The minimum Gasteiger partial charge on any atom is -0.479 e. The third-order valence-corrected chi connectivity index (χ3v) is 6.81. The fraction of sp³-hybridized carbons (Fsp3) is 0.296. The Morgan fingerprint density at radius 1 is 1.02 bits per heavy atom. The summed E-state index contributed by atoms with van der Waals surface area (Å²) in [5.41, 5.74) is 0.365. The summed E-state index contributed by atoms with van der Waals surface area (Å²) in [4.78, 5) is 12.2. The highest BCUT2D eigenvalue weighted by Crippen LogP contribution is 2.33. The fourth-order valence-electron chi connectivity index (χ4n) is 4.77. The van der Waals surface area contributed by atoms with Crippen LogP contribution >= 0.6 is 0 Å². The largest absolute Gasteiger partial charge is 0.479 e. The molecule has 2 heterocycles. The molecule has 1 aromatic heterocycles. The van der Waals surface area contributed by atoms with Crippen LogP contribution in [0.1, 0.15) is 11.6 Å². The Hall–Kier alpha value is -3.88. The monoisotopic (exact) mass is 559 g/mol. The molecule has 0 radical (unpaired) electrons. The summed E-state index contributed by atoms with van der Waals surface area (Å²) in [6.07, 6.45) is -6.86. The zero-order valence-electron chi connectivity index (χ0n) is 20.6. The van der Waals surface area contributed by atoms with Crippen LogP contribution in [0.25, 0.3) is 22.0 Å². The van der Waals surface area contributed by atoms with Crippen LogP contribution in [0.3, 0.4) is 0 Å². The standard InChI is InChI=1S/C27H24F3N3O7/c28-17-8-16(9-18(29)21(17)30)19-10-33(32-31-19)22-23(35)20(11-34)40-25(24(22)36)26(27(37)38)39-12-13-5-6-14-3-1-2-4-15(14)7-13/h1-10,20,22-26,34-36H,11-12H2,(H,37,38)/t20?,22?,23-,24?,25?,26-/m0/s1. The molecule has 0 amide bonds. The number of carboxylic acids is 1.